The van der Waals surface area contributed by atoms with Gasteiger partial charge in [0.1, 0.15) is 11.8 Å². The fourth-order valence-electron chi connectivity index (χ4n) is 3.95. The molecule has 2 amide bonds. The van der Waals surface area contributed by atoms with Crippen molar-refractivity contribution < 1.29 is 22.7 Å². The first-order chi connectivity index (χ1) is 17.1. The second kappa shape index (κ2) is 12.4. The number of anilines is 1. The summed E-state index contributed by atoms with van der Waals surface area (Å²) in [4.78, 5) is 27.9. The van der Waals surface area contributed by atoms with Crippen LogP contribution in [0.4, 0.5) is 5.69 Å². The predicted molar refractivity (Wildman–Crippen MR) is 148 cm³/mol. The van der Waals surface area contributed by atoms with E-state index >= 15 is 0 Å². The lowest BCUT2D eigenvalue weighted by Crippen LogP contribution is -2.52. The molecular formula is C28H41N3O5S. The van der Waals surface area contributed by atoms with Crippen LogP contribution in [-0.2, 0) is 26.2 Å². The zero-order chi connectivity index (χ0) is 28.0. The van der Waals surface area contributed by atoms with Crippen molar-refractivity contribution in [3.63, 3.8) is 0 Å². The van der Waals surface area contributed by atoms with Crippen LogP contribution in [-0.4, -0.2) is 56.6 Å². The van der Waals surface area contributed by atoms with E-state index in [4.69, 9.17) is 4.74 Å². The number of carbonyl (C=O) groups excluding carboxylic acids is 2. The molecule has 8 nitrogen and oxygen atoms in total. The number of nitrogens with zero attached hydrogens (tertiary/aromatic N) is 2. The van der Waals surface area contributed by atoms with Crippen molar-refractivity contribution in [2.45, 2.75) is 72.5 Å². The van der Waals surface area contributed by atoms with E-state index in [1.807, 2.05) is 77.1 Å². The van der Waals surface area contributed by atoms with Gasteiger partial charge in [-0.15, -0.1) is 0 Å². The van der Waals surface area contributed by atoms with E-state index in [9.17, 15) is 18.0 Å². The molecule has 0 radical (unpaired) electrons. The summed E-state index contributed by atoms with van der Waals surface area (Å²) in [7, 11) is -1.96. The van der Waals surface area contributed by atoms with Crippen molar-refractivity contribution in [3.05, 3.63) is 59.2 Å². The highest BCUT2D eigenvalue weighted by atomic mass is 32.2. The van der Waals surface area contributed by atoms with Crippen molar-refractivity contribution in [1.82, 2.24) is 10.2 Å². The molecular weight excluding hydrogens is 490 g/mol. The Morgan fingerprint density at radius 2 is 1.68 bits per heavy atom. The number of aryl methyl sites for hydroxylation is 2. The van der Waals surface area contributed by atoms with E-state index in [0.717, 1.165) is 16.7 Å². The van der Waals surface area contributed by atoms with Gasteiger partial charge in [0.25, 0.3) is 0 Å². The van der Waals surface area contributed by atoms with Crippen molar-refractivity contribution in [3.8, 4) is 5.75 Å². The van der Waals surface area contributed by atoms with Gasteiger partial charge in [-0.1, -0.05) is 24.3 Å². The minimum atomic E-state index is -3.55. The zero-order valence-corrected chi connectivity index (χ0v) is 24.1. The first kappa shape index (κ1) is 30.2. The molecule has 0 aromatic heterocycles. The molecule has 0 unspecified atom stereocenters. The molecule has 37 heavy (non-hydrogen) atoms. The summed E-state index contributed by atoms with van der Waals surface area (Å²) in [6, 6.07) is 12.3. The highest BCUT2D eigenvalue weighted by Crippen LogP contribution is 2.25. The summed E-state index contributed by atoms with van der Waals surface area (Å²) < 4.78 is 31.8. The van der Waals surface area contributed by atoms with Gasteiger partial charge in [-0.05, 0) is 82.9 Å². The minimum absolute atomic E-state index is 0.0974. The van der Waals surface area contributed by atoms with Crippen LogP contribution < -0.4 is 14.4 Å². The van der Waals surface area contributed by atoms with Crippen LogP contribution in [0.25, 0.3) is 0 Å². The van der Waals surface area contributed by atoms with Gasteiger partial charge < -0.3 is 15.0 Å². The molecule has 0 bridgehead atoms. The Hall–Kier alpha value is -3.07. The third kappa shape index (κ3) is 9.07. The molecule has 1 atom stereocenters. The number of rotatable bonds is 11. The van der Waals surface area contributed by atoms with Crippen LogP contribution in [0.15, 0.2) is 42.5 Å². The van der Waals surface area contributed by atoms with E-state index < -0.39 is 21.6 Å². The number of methoxy groups -OCH3 is 1. The van der Waals surface area contributed by atoms with Crippen molar-refractivity contribution >= 4 is 27.5 Å². The summed E-state index contributed by atoms with van der Waals surface area (Å²) in [5, 5.41) is 2.95. The quantitative estimate of drug-likeness (QED) is 0.469. The molecule has 0 aliphatic carbocycles. The lowest BCUT2D eigenvalue weighted by Gasteiger charge is -2.32. The predicted octanol–water partition coefficient (Wildman–Crippen LogP) is 4.19. The number of benzene rings is 2. The fraction of sp³-hybridized carbons (Fsp3) is 0.500. The minimum Gasteiger partial charge on any atom is -0.497 e. The Bertz CT molecular complexity index is 1190. The monoisotopic (exact) mass is 531 g/mol. The van der Waals surface area contributed by atoms with Crippen molar-refractivity contribution in [1.29, 1.82) is 0 Å². The van der Waals surface area contributed by atoms with Gasteiger partial charge in [0.2, 0.25) is 21.8 Å². The van der Waals surface area contributed by atoms with Crippen LogP contribution in [0.1, 0.15) is 57.2 Å². The smallest absolute Gasteiger partial charge is 0.242 e. The molecule has 0 aliphatic rings. The maximum Gasteiger partial charge on any atom is 0.242 e. The summed E-state index contributed by atoms with van der Waals surface area (Å²) in [5.74, 6) is 0.233. The fourth-order valence-corrected chi connectivity index (χ4v) is 4.97. The highest BCUT2D eigenvalue weighted by Gasteiger charge is 2.29. The topological polar surface area (TPSA) is 96.0 Å². The number of hydrogen-bond acceptors (Lipinski definition) is 5. The number of ether oxygens (including phenoxy) is 1. The number of hydrogen-bond donors (Lipinski definition) is 1. The first-order valence-corrected chi connectivity index (χ1v) is 14.3. The molecule has 2 aromatic carbocycles. The molecule has 0 fully saturated rings. The Balaban J connectivity index is 2.23. The van der Waals surface area contributed by atoms with Gasteiger partial charge in [-0.25, -0.2) is 8.42 Å². The maximum absolute atomic E-state index is 13.4. The lowest BCUT2D eigenvalue weighted by molar-refractivity contribution is -0.141. The Morgan fingerprint density at radius 1 is 1.05 bits per heavy atom. The summed E-state index contributed by atoms with van der Waals surface area (Å²) in [6.07, 6.45) is 1.58. The normalized spacial score (nSPS) is 12.5. The largest absolute Gasteiger partial charge is 0.497 e. The third-order valence-electron chi connectivity index (χ3n) is 5.96. The molecule has 0 aliphatic heterocycles. The first-order valence-electron chi connectivity index (χ1n) is 12.4. The van der Waals surface area contributed by atoms with Gasteiger partial charge in [0.05, 0.1) is 19.1 Å². The highest BCUT2D eigenvalue weighted by molar-refractivity contribution is 7.92. The molecule has 0 spiro atoms. The van der Waals surface area contributed by atoms with E-state index in [2.05, 4.69) is 5.32 Å². The Labute approximate surface area is 222 Å². The van der Waals surface area contributed by atoms with E-state index in [0.29, 0.717) is 17.9 Å². The Morgan fingerprint density at radius 3 is 2.22 bits per heavy atom. The van der Waals surface area contributed by atoms with E-state index in [1.165, 1.54) is 10.6 Å². The van der Waals surface area contributed by atoms with Crippen molar-refractivity contribution in [2.24, 2.45) is 0 Å². The second-order valence-corrected chi connectivity index (χ2v) is 12.4. The molecule has 1 N–H and O–H groups in total. The third-order valence-corrected chi connectivity index (χ3v) is 7.14. The Kier molecular flexibility index (Phi) is 10.1. The molecule has 2 aromatic rings. The molecule has 9 heteroatoms. The number of carbonyl (C=O) groups is 2. The lowest BCUT2D eigenvalue weighted by atomic mass is 10.1. The van der Waals surface area contributed by atoms with E-state index in [1.54, 1.807) is 18.9 Å². The van der Waals surface area contributed by atoms with E-state index in [-0.39, 0.29) is 31.3 Å². The maximum atomic E-state index is 13.4. The van der Waals surface area contributed by atoms with Gasteiger partial charge in [-0.2, -0.15) is 0 Å². The number of amides is 2. The van der Waals surface area contributed by atoms with Gasteiger partial charge in [-0.3, -0.25) is 13.9 Å². The standard InChI is InChI=1S/C28H41N3O5S/c1-20-11-12-21(2)25(18-20)31(37(8,34)35)17-9-10-26(32)30(22(3)27(33)29-28(4,5)6)19-23-13-15-24(36-7)16-14-23/h11-16,18,22H,9-10,17,19H2,1-8H3,(H,29,33)/t22-/m0/s1. The van der Waals surface area contributed by atoms with Crippen molar-refractivity contribution in [2.75, 3.05) is 24.2 Å². The van der Waals surface area contributed by atoms with Gasteiger partial charge in [0, 0.05) is 25.0 Å². The number of sulfonamides is 1. The summed E-state index contributed by atoms with van der Waals surface area (Å²) >= 11 is 0. The summed E-state index contributed by atoms with van der Waals surface area (Å²) in [6.45, 7) is 11.6. The zero-order valence-electron chi connectivity index (χ0n) is 23.3. The molecule has 2 rings (SSSR count). The van der Waals surface area contributed by atoms with Crippen LogP contribution in [0.3, 0.4) is 0 Å². The molecule has 0 saturated heterocycles. The van der Waals surface area contributed by atoms with Gasteiger partial charge >= 0.3 is 0 Å². The number of nitrogens with one attached hydrogen (secondary N) is 1. The van der Waals surface area contributed by atoms with Crippen LogP contribution in [0.2, 0.25) is 0 Å². The average Bonchev–Trinajstić information content (AvgIpc) is 2.80. The average molecular weight is 532 g/mol. The summed E-state index contributed by atoms with van der Waals surface area (Å²) in [5.41, 5.74) is 2.83. The van der Waals surface area contributed by atoms with Crippen LogP contribution in [0, 0.1) is 13.8 Å². The van der Waals surface area contributed by atoms with Crippen LogP contribution in [0.5, 0.6) is 5.75 Å². The molecule has 204 valence electrons. The molecule has 0 saturated carbocycles. The van der Waals surface area contributed by atoms with Crippen LogP contribution >= 0.6 is 0 Å². The molecule has 0 heterocycles. The SMILES string of the molecule is COc1ccc(CN(C(=O)CCCN(c2cc(C)ccc2C)S(C)(=O)=O)[C@@H](C)C(=O)NC(C)(C)C)cc1. The second-order valence-electron chi connectivity index (χ2n) is 10.5. The van der Waals surface area contributed by atoms with Gasteiger partial charge in [0.15, 0.2) is 0 Å².